The number of rotatable bonds is 15. The SMILES string of the molecule is O=C(O)c1ccc(OCCc2c(CCNS(=O)(=O)Cc3c(F)cccc3[N+](=O)[O-])n(C(c3ccccc3)c3ccccc3)c3ccc(Cl)cc23)cc1. The van der Waals surface area contributed by atoms with E-state index in [0.717, 1.165) is 51.5 Å². The zero-order valence-corrected chi connectivity index (χ0v) is 29.2. The minimum atomic E-state index is -4.22. The lowest BCUT2D eigenvalue weighted by Crippen LogP contribution is -2.29. The van der Waals surface area contributed by atoms with Crippen LogP contribution >= 0.6 is 11.6 Å². The van der Waals surface area contributed by atoms with Crippen LogP contribution < -0.4 is 9.46 Å². The number of halogens is 2. The van der Waals surface area contributed by atoms with E-state index in [0.29, 0.717) is 17.2 Å². The third kappa shape index (κ3) is 8.15. The van der Waals surface area contributed by atoms with Crippen LogP contribution in [0.3, 0.4) is 0 Å². The lowest BCUT2D eigenvalue weighted by atomic mass is 9.97. The molecule has 6 rings (SSSR count). The summed E-state index contributed by atoms with van der Waals surface area (Å²) in [6, 6.07) is 34.3. The van der Waals surface area contributed by atoms with E-state index in [1.54, 1.807) is 18.2 Å². The number of carboxylic acids is 1. The molecule has 1 heterocycles. The molecule has 0 fully saturated rings. The van der Waals surface area contributed by atoms with Crippen LogP contribution in [0.5, 0.6) is 5.75 Å². The van der Waals surface area contributed by atoms with E-state index in [1.807, 2.05) is 72.8 Å². The standard InChI is InChI=1S/C39H33ClFN3O7S/c40-29-16-19-35-32(24-29)31(21-23-51-30-17-14-28(15-18-30)39(45)46)36(43(35)38(26-8-3-1-4-9-26)27-10-5-2-6-11-27)20-22-42-52(49,50)25-33-34(41)12-7-13-37(33)44(47)48/h1-19,24,38,42H,20-23,25H2,(H,45,46). The summed E-state index contributed by atoms with van der Waals surface area (Å²) in [6.45, 7) is 0.102. The zero-order chi connectivity index (χ0) is 36.8. The molecular weight excluding hydrogens is 709 g/mol. The van der Waals surface area contributed by atoms with Gasteiger partial charge in [-0.3, -0.25) is 10.1 Å². The number of aromatic nitrogens is 1. The van der Waals surface area contributed by atoms with Crippen LogP contribution in [0.4, 0.5) is 10.1 Å². The highest BCUT2D eigenvalue weighted by molar-refractivity contribution is 7.88. The van der Waals surface area contributed by atoms with Gasteiger partial charge in [-0.25, -0.2) is 22.3 Å². The number of hydrogen-bond acceptors (Lipinski definition) is 6. The Kier molecular flexibility index (Phi) is 11.0. The molecule has 0 saturated heterocycles. The Morgan fingerprint density at radius 3 is 2.15 bits per heavy atom. The summed E-state index contributed by atoms with van der Waals surface area (Å²) >= 11 is 6.57. The van der Waals surface area contributed by atoms with Gasteiger partial charge >= 0.3 is 5.97 Å². The maximum Gasteiger partial charge on any atom is 0.335 e. The van der Waals surface area contributed by atoms with Crippen molar-refractivity contribution in [3.8, 4) is 5.75 Å². The second-order valence-corrected chi connectivity index (χ2v) is 14.2. The van der Waals surface area contributed by atoms with Crippen molar-refractivity contribution in [3.05, 3.63) is 176 Å². The number of nitrogens with one attached hydrogen (secondary N) is 1. The second kappa shape index (κ2) is 15.8. The first-order valence-corrected chi connectivity index (χ1v) is 18.3. The van der Waals surface area contributed by atoms with Crippen molar-refractivity contribution in [2.45, 2.75) is 24.6 Å². The molecule has 10 nitrogen and oxygen atoms in total. The molecular formula is C39H33ClFN3O7S. The third-order valence-corrected chi connectivity index (χ3v) is 10.2. The Labute approximate surface area is 304 Å². The lowest BCUT2D eigenvalue weighted by Gasteiger charge is -2.25. The highest BCUT2D eigenvalue weighted by atomic mass is 35.5. The minimum Gasteiger partial charge on any atom is -0.493 e. The first-order chi connectivity index (χ1) is 25.0. The van der Waals surface area contributed by atoms with Crippen LogP contribution in [0, 0.1) is 15.9 Å². The lowest BCUT2D eigenvalue weighted by molar-refractivity contribution is -0.385. The number of nitrogens with zero attached hydrogens (tertiary/aromatic N) is 2. The number of carboxylic acid groups (broad SMARTS) is 1. The summed E-state index contributed by atoms with van der Waals surface area (Å²) in [7, 11) is -4.22. The summed E-state index contributed by atoms with van der Waals surface area (Å²) in [6.07, 6.45) is 0.564. The molecule has 0 aliphatic rings. The predicted octanol–water partition coefficient (Wildman–Crippen LogP) is 7.96. The minimum absolute atomic E-state index is 0.102. The van der Waals surface area contributed by atoms with E-state index >= 15 is 0 Å². The van der Waals surface area contributed by atoms with Gasteiger partial charge in [0.25, 0.3) is 5.69 Å². The summed E-state index contributed by atoms with van der Waals surface area (Å²) in [5, 5.41) is 22.2. The fourth-order valence-electron chi connectivity index (χ4n) is 6.40. The van der Waals surface area contributed by atoms with E-state index in [1.165, 1.54) is 12.1 Å². The molecule has 266 valence electrons. The Morgan fingerprint density at radius 2 is 1.54 bits per heavy atom. The van der Waals surface area contributed by atoms with Gasteiger partial charge < -0.3 is 14.4 Å². The van der Waals surface area contributed by atoms with Gasteiger partial charge in [0.1, 0.15) is 11.6 Å². The fraction of sp³-hybridized carbons (Fsp3) is 0.154. The van der Waals surface area contributed by atoms with Crippen molar-refractivity contribution in [2.24, 2.45) is 0 Å². The Morgan fingerprint density at radius 1 is 0.885 bits per heavy atom. The summed E-state index contributed by atoms with van der Waals surface area (Å²) < 4.78 is 52.0. The van der Waals surface area contributed by atoms with Crippen molar-refractivity contribution in [3.63, 3.8) is 0 Å². The molecule has 0 aliphatic carbocycles. The normalized spacial score (nSPS) is 11.6. The van der Waals surface area contributed by atoms with E-state index in [4.69, 9.17) is 16.3 Å². The molecule has 0 radical (unpaired) electrons. The molecule has 6 aromatic rings. The van der Waals surface area contributed by atoms with E-state index in [9.17, 15) is 32.8 Å². The maximum absolute atomic E-state index is 14.6. The van der Waals surface area contributed by atoms with Crippen molar-refractivity contribution < 1.29 is 32.4 Å². The molecule has 52 heavy (non-hydrogen) atoms. The molecule has 2 N–H and O–H groups in total. The largest absolute Gasteiger partial charge is 0.493 e. The Hall–Kier alpha value is -5.56. The molecule has 0 unspecified atom stereocenters. The number of carbonyl (C=O) groups is 1. The van der Waals surface area contributed by atoms with Crippen molar-refractivity contribution in [1.82, 2.24) is 9.29 Å². The number of sulfonamides is 1. The number of aromatic carboxylic acids is 1. The highest BCUT2D eigenvalue weighted by Crippen LogP contribution is 2.38. The molecule has 0 spiro atoms. The van der Waals surface area contributed by atoms with Gasteiger partial charge in [-0.1, -0.05) is 78.3 Å². The topological polar surface area (TPSA) is 141 Å². The van der Waals surface area contributed by atoms with E-state index in [-0.39, 0.29) is 31.2 Å². The first-order valence-electron chi connectivity index (χ1n) is 16.3. The number of benzene rings is 5. The van der Waals surface area contributed by atoms with Crippen molar-refractivity contribution >= 4 is 44.2 Å². The van der Waals surface area contributed by atoms with Gasteiger partial charge in [-0.05, 0) is 65.2 Å². The van der Waals surface area contributed by atoms with Gasteiger partial charge in [0.2, 0.25) is 10.0 Å². The summed E-state index contributed by atoms with van der Waals surface area (Å²) in [5.74, 6) is -2.46. The summed E-state index contributed by atoms with van der Waals surface area (Å²) in [4.78, 5) is 22.1. The number of fused-ring (bicyclic) bond motifs is 1. The fourth-order valence-corrected chi connectivity index (χ4v) is 7.76. The predicted molar refractivity (Wildman–Crippen MR) is 197 cm³/mol. The van der Waals surface area contributed by atoms with Gasteiger partial charge in [-0.2, -0.15) is 0 Å². The molecule has 0 amide bonds. The van der Waals surface area contributed by atoms with E-state index in [2.05, 4.69) is 9.29 Å². The third-order valence-electron chi connectivity index (χ3n) is 8.70. The number of ether oxygens (including phenoxy) is 1. The van der Waals surface area contributed by atoms with Crippen molar-refractivity contribution in [1.29, 1.82) is 0 Å². The number of hydrogen-bond donors (Lipinski definition) is 2. The smallest absolute Gasteiger partial charge is 0.335 e. The zero-order valence-electron chi connectivity index (χ0n) is 27.6. The molecule has 0 saturated carbocycles. The average molecular weight is 742 g/mol. The second-order valence-electron chi connectivity index (χ2n) is 12.0. The van der Waals surface area contributed by atoms with Crippen molar-refractivity contribution in [2.75, 3.05) is 13.2 Å². The number of nitro benzene ring substituents is 1. The molecule has 1 aromatic heterocycles. The number of nitro groups is 1. The van der Waals surface area contributed by atoms with Crippen LogP contribution in [-0.4, -0.2) is 42.1 Å². The Bertz CT molecular complexity index is 2300. The molecule has 5 aromatic carbocycles. The van der Waals surface area contributed by atoms with E-state index < -0.39 is 43.7 Å². The molecule has 13 heteroatoms. The van der Waals surface area contributed by atoms with Crippen LogP contribution in [0.2, 0.25) is 5.02 Å². The van der Waals surface area contributed by atoms with Gasteiger partial charge in [0.15, 0.2) is 0 Å². The summed E-state index contributed by atoms with van der Waals surface area (Å²) in [5.41, 5.74) is 3.46. The monoisotopic (exact) mass is 741 g/mol. The van der Waals surface area contributed by atoms with Crippen LogP contribution in [0.15, 0.2) is 121 Å². The van der Waals surface area contributed by atoms with Crippen LogP contribution in [0.1, 0.15) is 44.3 Å². The molecule has 0 aliphatic heterocycles. The average Bonchev–Trinajstić information content (AvgIpc) is 3.41. The molecule has 0 bridgehead atoms. The molecule has 0 atom stereocenters. The first kappa shape index (κ1) is 36.2. The quantitative estimate of drug-likeness (QED) is 0.0804. The van der Waals surface area contributed by atoms with Gasteiger partial charge in [0, 0.05) is 47.1 Å². The van der Waals surface area contributed by atoms with Crippen LogP contribution in [0.25, 0.3) is 10.9 Å². The van der Waals surface area contributed by atoms with Gasteiger partial charge in [0.05, 0.1) is 34.5 Å². The highest BCUT2D eigenvalue weighted by Gasteiger charge is 2.27. The van der Waals surface area contributed by atoms with Crippen LogP contribution in [-0.2, 0) is 28.6 Å². The van der Waals surface area contributed by atoms with Gasteiger partial charge in [-0.15, -0.1) is 0 Å². The maximum atomic E-state index is 14.6. The Balaban J connectivity index is 1.40.